The van der Waals surface area contributed by atoms with Crippen LogP contribution >= 0.6 is 0 Å². The maximum Gasteiger partial charge on any atom is 0.106 e. The van der Waals surface area contributed by atoms with Gasteiger partial charge in [0.1, 0.15) is 8.07 Å². The van der Waals surface area contributed by atoms with Gasteiger partial charge in [0.05, 0.1) is 11.9 Å². The Morgan fingerprint density at radius 3 is 2.38 bits per heavy atom. The summed E-state index contributed by atoms with van der Waals surface area (Å²) >= 11 is 0. The Bertz CT molecular complexity index is 332. The van der Waals surface area contributed by atoms with Crippen molar-refractivity contribution in [1.82, 2.24) is 20.3 Å². The van der Waals surface area contributed by atoms with Crippen molar-refractivity contribution in [2.45, 2.75) is 52.5 Å². The van der Waals surface area contributed by atoms with Crippen molar-refractivity contribution in [2.75, 3.05) is 6.54 Å². The molecule has 5 heteroatoms. The van der Waals surface area contributed by atoms with E-state index in [0.29, 0.717) is 0 Å². The molecule has 0 spiro atoms. The number of nitrogens with one attached hydrogen (secondary N) is 1. The highest BCUT2D eigenvalue weighted by molar-refractivity contribution is 6.88. The maximum atomic E-state index is 4.25. The predicted octanol–water partition coefficient (Wildman–Crippen LogP) is 1.21. The lowest BCUT2D eigenvalue weighted by atomic mass is 10.1. The average Bonchev–Trinajstić information content (AvgIpc) is 2.49. The summed E-state index contributed by atoms with van der Waals surface area (Å²) in [4.78, 5) is 0. The van der Waals surface area contributed by atoms with E-state index in [4.69, 9.17) is 0 Å². The van der Waals surface area contributed by atoms with Gasteiger partial charge < -0.3 is 5.32 Å². The minimum absolute atomic E-state index is 0.169. The Morgan fingerprint density at radius 2 is 1.94 bits per heavy atom. The molecule has 0 fully saturated rings. The van der Waals surface area contributed by atoms with E-state index >= 15 is 0 Å². The van der Waals surface area contributed by atoms with Gasteiger partial charge in [-0.1, -0.05) is 24.9 Å². The van der Waals surface area contributed by atoms with Crippen LogP contribution in [0.1, 0.15) is 20.8 Å². The molecule has 4 nitrogen and oxygen atoms in total. The molecule has 0 aliphatic carbocycles. The molecule has 1 N–H and O–H groups in total. The van der Waals surface area contributed by atoms with Gasteiger partial charge in [-0.05, 0) is 20.8 Å². The fraction of sp³-hybridized carbons (Fsp3) is 0.818. The van der Waals surface area contributed by atoms with Gasteiger partial charge in [-0.2, -0.15) is 0 Å². The summed E-state index contributed by atoms with van der Waals surface area (Å²) in [5.74, 6) is 0. The zero-order valence-corrected chi connectivity index (χ0v) is 12.3. The zero-order valence-electron chi connectivity index (χ0n) is 11.3. The fourth-order valence-electron chi connectivity index (χ4n) is 1.30. The molecule has 1 rings (SSSR count). The summed E-state index contributed by atoms with van der Waals surface area (Å²) < 4.78 is 1.94. The molecule has 0 aliphatic heterocycles. The molecule has 1 aromatic heterocycles. The van der Waals surface area contributed by atoms with E-state index in [1.165, 1.54) is 5.32 Å². The quantitative estimate of drug-likeness (QED) is 0.805. The molecule has 0 amide bonds. The second-order valence-electron chi connectivity index (χ2n) is 6.29. The van der Waals surface area contributed by atoms with E-state index in [1.807, 2.05) is 4.68 Å². The molecule has 92 valence electrons. The van der Waals surface area contributed by atoms with E-state index < -0.39 is 8.07 Å². The van der Waals surface area contributed by atoms with Gasteiger partial charge in [0.2, 0.25) is 0 Å². The second-order valence-corrected chi connectivity index (χ2v) is 11.3. The first kappa shape index (κ1) is 13.4. The Morgan fingerprint density at radius 1 is 1.31 bits per heavy atom. The van der Waals surface area contributed by atoms with Crippen LogP contribution in [0.5, 0.6) is 0 Å². The predicted molar refractivity (Wildman–Crippen MR) is 70.8 cm³/mol. The molecule has 16 heavy (non-hydrogen) atoms. The number of aromatic nitrogens is 3. The first-order valence-electron chi connectivity index (χ1n) is 5.84. The van der Waals surface area contributed by atoms with Crippen LogP contribution in [0.3, 0.4) is 0 Å². The fourth-order valence-corrected chi connectivity index (χ4v) is 2.18. The van der Waals surface area contributed by atoms with Crippen LogP contribution in [-0.2, 0) is 6.54 Å². The molecule has 0 aliphatic rings. The third-order valence-corrected chi connectivity index (χ3v) is 4.07. The Labute approximate surface area is 99.4 Å². The minimum atomic E-state index is -1.30. The summed E-state index contributed by atoms with van der Waals surface area (Å²) in [6.45, 7) is 15.2. The van der Waals surface area contributed by atoms with Gasteiger partial charge in [-0.15, -0.1) is 5.10 Å². The monoisotopic (exact) mass is 240 g/mol. The molecule has 0 saturated carbocycles. The molecule has 0 atom stereocenters. The lowest BCUT2D eigenvalue weighted by Crippen LogP contribution is -2.39. The van der Waals surface area contributed by atoms with Gasteiger partial charge in [-0.25, -0.2) is 0 Å². The summed E-state index contributed by atoms with van der Waals surface area (Å²) in [5, 5.41) is 13.0. The molecule has 0 unspecified atom stereocenters. The topological polar surface area (TPSA) is 42.7 Å². The standard InChI is InChI=1S/C11H24N4Si/c1-11(2,3)12-7-8-15-9-10(13-14-15)16(4,5)6/h9,12H,7-8H2,1-6H3. The third kappa shape index (κ3) is 4.45. The molecule has 0 bridgehead atoms. The number of hydrogen-bond acceptors (Lipinski definition) is 3. The smallest absolute Gasteiger partial charge is 0.106 e. The van der Waals surface area contributed by atoms with Crippen LogP contribution in [0.2, 0.25) is 19.6 Å². The summed E-state index contributed by atoms with van der Waals surface area (Å²) in [6, 6.07) is 0. The van der Waals surface area contributed by atoms with Crippen molar-refractivity contribution >= 4 is 13.4 Å². The second kappa shape index (κ2) is 4.67. The summed E-state index contributed by atoms with van der Waals surface area (Å²) in [7, 11) is -1.30. The largest absolute Gasteiger partial charge is 0.310 e. The van der Waals surface area contributed by atoms with Crippen molar-refractivity contribution in [3.8, 4) is 0 Å². The minimum Gasteiger partial charge on any atom is -0.310 e. The molecule has 1 heterocycles. The Hall–Kier alpha value is -0.683. The lowest BCUT2D eigenvalue weighted by molar-refractivity contribution is 0.403. The van der Waals surface area contributed by atoms with Crippen LogP contribution in [0.15, 0.2) is 6.20 Å². The van der Waals surface area contributed by atoms with Crippen molar-refractivity contribution in [1.29, 1.82) is 0 Å². The molecular weight excluding hydrogens is 216 g/mol. The number of hydrogen-bond donors (Lipinski definition) is 1. The highest BCUT2D eigenvalue weighted by Gasteiger charge is 2.20. The van der Waals surface area contributed by atoms with Crippen molar-refractivity contribution in [3.05, 3.63) is 6.20 Å². The van der Waals surface area contributed by atoms with Crippen LogP contribution in [0.4, 0.5) is 0 Å². The Balaban J connectivity index is 2.48. The van der Waals surface area contributed by atoms with Crippen LogP contribution in [0, 0.1) is 0 Å². The van der Waals surface area contributed by atoms with Crippen LogP contribution < -0.4 is 10.6 Å². The number of nitrogens with zero attached hydrogens (tertiary/aromatic N) is 3. The molecular formula is C11H24N4Si. The van der Waals surface area contributed by atoms with Gasteiger partial charge in [0.15, 0.2) is 0 Å². The zero-order chi connectivity index (χ0) is 12.4. The van der Waals surface area contributed by atoms with E-state index in [9.17, 15) is 0 Å². The first-order chi connectivity index (χ1) is 7.18. The van der Waals surface area contributed by atoms with Crippen molar-refractivity contribution in [2.24, 2.45) is 0 Å². The summed E-state index contributed by atoms with van der Waals surface area (Å²) in [5.41, 5.74) is 0.169. The van der Waals surface area contributed by atoms with E-state index in [2.05, 4.69) is 62.2 Å². The Kier molecular flexibility index (Phi) is 3.91. The summed E-state index contributed by atoms with van der Waals surface area (Å²) in [6.07, 6.45) is 2.09. The maximum absolute atomic E-state index is 4.25. The van der Waals surface area contributed by atoms with Gasteiger partial charge >= 0.3 is 0 Å². The highest BCUT2D eigenvalue weighted by atomic mass is 28.3. The molecule has 0 saturated heterocycles. The lowest BCUT2D eigenvalue weighted by Gasteiger charge is -2.20. The van der Waals surface area contributed by atoms with Gasteiger partial charge in [0.25, 0.3) is 0 Å². The van der Waals surface area contributed by atoms with Crippen LogP contribution in [-0.4, -0.2) is 35.2 Å². The third-order valence-electron chi connectivity index (χ3n) is 2.30. The highest BCUT2D eigenvalue weighted by Crippen LogP contribution is 1.99. The molecule has 0 radical (unpaired) electrons. The SMILES string of the molecule is CC(C)(C)NCCn1cc([Si](C)(C)C)nn1. The normalized spacial score (nSPS) is 13.1. The van der Waals surface area contributed by atoms with Gasteiger partial charge in [-0.3, -0.25) is 4.68 Å². The van der Waals surface area contributed by atoms with Crippen molar-refractivity contribution < 1.29 is 0 Å². The molecule has 1 aromatic rings. The van der Waals surface area contributed by atoms with E-state index in [-0.39, 0.29) is 5.54 Å². The van der Waals surface area contributed by atoms with Gasteiger partial charge in [0, 0.05) is 18.3 Å². The van der Waals surface area contributed by atoms with E-state index in [1.54, 1.807) is 0 Å². The van der Waals surface area contributed by atoms with E-state index in [0.717, 1.165) is 13.1 Å². The number of rotatable bonds is 4. The van der Waals surface area contributed by atoms with Crippen LogP contribution in [0.25, 0.3) is 0 Å². The van der Waals surface area contributed by atoms with Crippen molar-refractivity contribution in [3.63, 3.8) is 0 Å². The average molecular weight is 240 g/mol. The first-order valence-corrected chi connectivity index (χ1v) is 9.34. The molecule has 0 aromatic carbocycles.